The highest BCUT2D eigenvalue weighted by molar-refractivity contribution is 9.10. The van der Waals surface area contributed by atoms with E-state index in [0.717, 1.165) is 22.2 Å². The van der Waals surface area contributed by atoms with Crippen LogP contribution >= 0.6 is 15.9 Å². The molecule has 2 aromatic rings. The first kappa shape index (κ1) is 16.1. The standard InChI is InChI=1S/C16H16BrF2NO/c1-10(11-2-4-12(17)5-3-11)20-9-16(21)14-7-6-13(18)8-15(14)19/h2-8,10,16,20-21H,9H2,1H3/t10-,16?/m0/s1. The molecule has 0 saturated carbocycles. The Kier molecular flexibility index (Phi) is 5.45. The Labute approximate surface area is 130 Å². The van der Waals surface area contributed by atoms with Crippen LogP contribution in [0.2, 0.25) is 0 Å². The lowest BCUT2D eigenvalue weighted by Crippen LogP contribution is -2.25. The van der Waals surface area contributed by atoms with Gasteiger partial charge in [-0.15, -0.1) is 0 Å². The molecule has 5 heteroatoms. The summed E-state index contributed by atoms with van der Waals surface area (Å²) in [7, 11) is 0. The van der Waals surface area contributed by atoms with E-state index in [-0.39, 0.29) is 18.2 Å². The fourth-order valence-corrected chi connectivity index (χ4v) is 2.30. The first-order valence-electron chi connectivity index (χ1n) is 6.59. The highest BCUT2D eigenvalue weighted by atomic mass is 79.9. The topological polar surface area (TPSA) is 32.3 Å². The van der Waals surface area contributed by atoms with Crippen LogP contribution in [0.15, 0.2) is 46.9 Å². The van der Waals surface area contributed by atoms with Gasteiger partial charge in [-0.2, -0.15) is 0 Å². The molecule has 0 aliphatic heterocycles. The van der Waals surface area contributed by atoms with Crippen molar-refractivity contribution in [2.45, 2.75) is 19.1 Å². The van der Waals surface area contributed by atoms with Crippen LogP contribution < -0.4 is 5.32 Å². The first-order valence-corrected chi connectivity index (χ1v) is 7.38. The lowest BCUT2D eigenvalue weighted by Gasteiger charge is -2.18. The molecule has 2 atom stereocenters. The van der Waals surface area contributed by atoms with E-state index in [1.807, 2.05) is 31.2 Å². The molecule has 0 aliphatic rings. The predicted octanol–water partition coefficient (Wildman–Crippen LogP) is 4.11. The fraction of sp³-hybridized carbons (Fsp3) is 0.250. The lowest BCUT2D eigenvalue weighted by molar-refractivity contribution is 0.166. The van der Waals surface area contributed by atoms with Crippen LogP contribution in [-0.4, -0.2) is 11.7 Å². The fourth-order valence-electron chi connectivity index (χ4n) is 2.04. The van der Waals surface area contributed by atoms with Gasteiger partial charge in [0.25, 0.3) is 0 Å². The van der Waals surface area contributed by atoms with Crippen LogP contribution in [0.3, 0.4) is 0 Å². The Morgan fingerprint density at radius 3 is 2.43 bits per heavy atom. The highest BCUT2D eigenvalue weighted by Crippen LogP contribution is 2.20. The molecule has 0 amide bonds. The molecule has 0 saturated heterocycles. The summed E-state index contributed by atoms with van der Waals surface area (Å²) < 4.78 is 27.4. The zero-order chi connectivity index (χ0) is 15.4. The zero-order valence-electron chi connectivity index (χ0n) is 11.5. The third-order valence-electron chi connectivity index (χ3n) is 3.31. The Bertz CT molecular complexity index is 604. The van der Waals surface area contributed by atoms with Gasteiger partial charge in [0.2, 0.25) is 0 Å². The largest absolute Gasteiger partial charge is 0.387 e. The number of nitrogens with one attached hydrogen (secondary N) is 1. The SMILES string of the molecule is C[C@H](NCC(O)c1ccc(F)cc1F)c1ccc(Br)cc1. The molecule has 0 heterocycles. The van der Waals surface area contributed by atoms with Gasteiger partial charge in [0.15, 0.2) is 0 Å². The summed E-state index contributed by atoms with van der Waals surface area (Å²) in [5.41, 5.74) is 1.15. The van der Waals surface area contributed by atoms with E-state index >= 15 is 0 Å². The average molecular weight is 356 g/mol. The number of hydrogen-bond donors (Lipinski definition) is 2. The van der Waals surface area contributed by atoms with Crippen molar-refractivity contribution in [3.05, 3.63) is 69.7 Å². The summed E-state index contributed by atoms with van der Waals surface area (Å²) >= 11 is 3.37. The van der Waals surface area contributed by atoms with Gasteiger partial charge >= 0.3 is 0 Å². The van der Waals surface area contributed by atoms with Crippen LogP contribution in [0, 0.1) is 11.6 Å². The summed E-state index contributed by atoms with van der Waals surface area (Å²) in [5, 5.41) is 13.1. The second-order valence-electron chi connectivity index (χ2n) is 4.86. The monoisotopic (exact) mass is 355 g/mol. The van der Waals surface area contributed by atoms with Crippen LogP contribution in [0.1, 0.15) is 30.2 Å². The van der Waals surface area contributed by atoms with E-state index in [2.05, 4.69) is 21.2 Å². The Balaban J connectivity index is 1.97. The van der Waals surface area contributed by atoms with Crippen LogP contribution in [0.4, 0.5) is 8.78 Å². The van der Waals surface area contributed by atoms with Gasteiger partial charge in [-0.3, -0.25) is 0 Å². The highest BCUT2D eigenvalue weighted by Gasteiger charge is 2.15. The maximum Gasteiger partial charge on any atom is 0.131 e. The summed E-state index contributed by atoms with van der Waals surface area (Å²) in [6.07, 6.45) is -1.02. The van der Waals surface area contributed by atoms with E-state index in [1.165, 1.54) is 6.07 Å². The number of benzene rings is 2. The second-order valence-corrected chi connectivity index (χ2v) is 5.78. The van der Waals surface area contributed by atoms with Crippen molar-refractivity contribution in [1.29, 1.82) is 0 Å². The molecule has 2 N–H and O–H groups in total. The van der Waals surface area contributed by atoms with E-state index in [4.69, 9.17) is 0 Å². The molecule has 112 valence electrons. The maximum atomic E-state index is 13.6. The minimum atomic E-state index is -1.02. The van der Waals surface area contributed by atoms with E-state index < -0.39 is 17.7 Å². The van der Waals surface area contributed by atoms with Crippen molar-refractivity contribution in [2.24, 2.45) is 0 Å². The summed E-state index contributed by atoms with van der Waals surface area (Å²) in [6, 6.07) is 11.0. The molecular weight excluding hydrogens is 340 g/mol. The second kappa shape index (κ2) is 7.11. The number of aliphatic hydroxyl groups excluding tert-OH is 1. The number of aliphatic hydroxyl groups is 1. The summed E-state index contributed by atoms with van der Waals surface area (Å²) in [6.45, 7) is 2.14. The molecule has 0 aliphatic carbocycles. The first-order chi connectivity index (χ1) is 9.97. The van der Waals surface area contributed by atoms with Crippen LogP contribution in [0.5, 0.6) is 0 Å². The minimum absolute atomic E-state index is 0.0104. The van der Waals surface area contributed by atoms with Crippen molar-refractivity contribution in [1.82, 2.24) is 5.32 Å². The molecule has 0 spiro atoms. The minimum Gasteiger partial charge on any atom is -0.387 e. The Morgan fingerprint density at radius 1 is 1.14 bits per heavy atom. The van der Waals surface area contributed by atoms with Crippen molar-refractivity contribution in [3.63, 3.8) is 0 Å². The van der Waals surface area contributed by atoms with Gasteiger partial charge in [0, 0.05) is 28.7 Å². The smallest absolute Gasteiger partial charge is 0.131 e. The van der Waals surface area contributed by atoms with Gasteiger partial charge in [0.1, 0.15) is 11.6 Å². The van der Waals surface area contributed by atoms with Gasteiger partial charge in [-0.05, 0) is 30.7 Å². The van der Waals surface area contributed by atoms with Gasteiger partial charge < -0.3 is 10.4 Å². The van der Waals surface area contributed by atoms with Crippen molar-refractivity contribution in [2.75, 3.05) is 6.54 Å². The maximum absolute atomic E-state index is 13.6. The van der Waals surface area contributed by atoms with Gasteiger partial charge in [-0.25, -0.2) is 8.78 Å². The normalized spacial score (nSPS) is 14.0. The Hall–Kier alpha value is -1.30. The predicted molar refractivity (Wildman–Crippen MR) is 81.9 cm³/mol. The molecule has 2 nitrogen and oxygen atoms in total. The number of rotatable bonds is 5. The van der Waals surface area contributed by atoms with E-state index in [0.29, 0.717) is 0 Å². The molecule has 2 aromatic carbocycles. The molecular formula is C16H16BrF2NO. The summed E-state index contributed by atoms with van der Waals surface area (Å²) in [5.74, 6) is -1.39. The molecule has 1 unspecified atom stereocenters. The van der Waals surface area contributed by atoms with Gasteiger partial charge in [-0.1, -0.05) is 34.1 Å². The summed E-state index contributed by atoms with van der Waals surface area (Å²) in [4.78, 5) is 0. The number of hydrogen-bond acceptors (Lipinski definition) is 2. The van der Waals surface area contributed by atoms with Gasteiger partial charge in [0.05, 0.1) is 6.10 Å². The van der Waals surface area contributed by atoms with Crippen molar-refractivity contribution >= 4 is 15.9 Å². The number of halogens is 3. The van der Waals surface area contributed by atoms with Crippen LogP contribution in [0.25, 0.3) is 0 Å². The molecule has 21 heavy (non-hydrogen) atoms. The molecule has 0 aromatic heterocycles. The quantitative estimate of drug-likeness (QED) is 0.845. The molecule has 0 bridgehead atoms. The molecule has 2 rings (SSSR count). The van der Waals surface area contributed by atoms with E-state index in [1.54, 1.807) is 0 Å². The average Bonchev–Trinajstić information content (AvgIpc) is 2.45. The lowest BCUT2D eigenvalue weighted by atomic mass is 10.1. The Morgan fingerprint density at radius 2 is 1.81 bits per heavy atom. The van der Waals surface area contributed by atoms with E-state index in [9.17, 15) is 13.9 Å². The third-order valence-corrected chi connectivity index (χ3v) is 3.84. The van der Waals surface area contributed by atoms with Crippen molar-refractivity contribution < 1.29 is 13.9 Å². The zero-order valence-corrected chi connectivity index (χ0v) is 13.1. The van der Waals surface area contributed by atoms with Crippen molar-refractivity contribution in [3.8, 4) is 0 Å². The molecule has 0 radical (unpaired) electrons. The molecule has 0 fully saturated rings. The van der Waals surface area contributed by atoms with Crippen LogP contribution in [-0.2, 0) is 0 Å². The third kappa shape index (κ3) is 4.33.